The molecular weight excluding hydrogens is 458 g/mol. The van der Waals surface area contributed by atoms with Crippen molar-refractivity contribution < 1.29 is 4.79 Å². The number of aryl methyl sites for hydroxylation is 2. The third kappa shape index (κ3) is 2.51. The van der Waals surface area contributed by atoms with Crippen LogP contribution in [-0.4, -0.2) is 26.4 Å². The minimum Gasteiger partial charge on any atom is -0.354 e. The summed E-state index contributed by atoms with van der Waals surface area (Å²) in [4.78, 5) is 27.2. The van der Waals surface area contributed by atoms with Crippen LogP contribution in [0.5, 0.6) is 0 Å². The number of rotatable bonds is 1. The quantitative estimate of drug-likeness (QED) is 0.340. The van der Waals surface area contributed by atoms with Gasteiger partial charge in [0, 0.05) is 27.7 Å². The van der Waals surface area contributed by atoms with Gasteiger partial charge in [-0.05, 0) is 55.2 Å². The van der Waals surface area contributed by atoms with Crippen LogP contribution in [0.15, 0.2) is 72.3 Å². The number of para-hydroxylation sites is 2. The molecule has 0 saturated carbocycles. The third-order valence-electron chi connectivity index (χ3n) is 8.34. The molecule has 6 nitrogen and oxygen atoms in total. The number of carbonyl (C=O) groups excluding carboxylic acids is 1. The average Bonchev–Trinajstić information content (AvgIpc) is 3.53. The van der Waals surface area contributed by atoms with E-state index in [9.17, 15) is 10.1 Å². The Morgan fingerprint density at radius 3 is 2.65 bits per heavy atom. The standard InChI is InChI=1S/C31H21N5O/c1-16-10-11-22-20(14-16)19-12-13-31(26(27(19)33-22)21(15-32)30(37)36-31)25-17-6-2-3-7-18(17)28-29(25)35-24-9-5-4-8-23(24)34-28/h2-11,14,25,33H,12-13H2,1H3,(H,36,37). The zero-order chi connectivity index (χ0) is 24.9. The number of hydrogen-bond acceptors (Lipinski definition) is 4. The summed E-state index contributed by atoms with van der Waals surface area (Å²) < 4.78 is 0. The zero-order valence-corrected chi connectivity index (χ0v) is 20.1. The van der Waals surface area contributed by atoms with E-state index in [4.69, 9.17) is 9.97 Å². The number of aromatic amines is 1. The van der Waals surface area contributed by atoms with Crippen LogP contribution in [-0.2, 0) is 11.2 Å². The molecule has 2 aliphatic carbocycles. The van der Waals surface area contributed by atoms with Gasteiger partial charge in [-0.1, -0.05) is 48.0 Å². The molecule has 0 spiro atoms. The summed E-state index contributed by atoms with van der Waals surface area (Å²) in [5.74, 6) is -0.582. The van der Waals surface area contributed by atoms with E-state index in [2.05, 4.69) is 53.6 Å². The normalized spacial score (nSPS) is 21.4. The molecule has 5 aromatic rings. The van der Waals surface area contributed by atoms with Crippen molar-refractivity contribution in [2.24, 2.45) is 0 Å². The number of amides is 1. The Kier molecular flexibility index (Phi) is 3.82. The fourth-order valence-electron chi connectivity index (χ4n) is 6.85. The van der Waals surface area contributed by atoms with E-state index in [1.807, 2.05) is 36.4 Å². The lowest BCUT2D eigenvalue weighted by atomic mass is 9.67. The number of aromatic nitrogens is 3. The van der Waals surface area contributed by atoms with Gasteiger partial charge < -0.3 is 10.3 Å². The molecule has 3 heterocycles. The van der Waals surface area contributed by atoms with Crippen LogP contribution < -0.4 is 5.32 Å². The molecule has 3 aliphatic rings. The van der Waals surface area contributed by atoms with E-state index in [1.54, 1.807) is 0 Å². The summed E-state index contributed by atoms with van der Waals surface area (Å²) in [5, 5.41) is 14.7. The molecule has 3 aromatic carbocycles. The first kappa shape index (κ1) is 20.4. The van der Waals surface area contributed by atoms with Gasteiger partial charge in [0.2, 0.25) is 0 Å². The second-order valence-corrected chi connectivity index (χ2v) is 10.3. The molecule has 0 bridgehead atoms. The molecule has 37 heavy (non-hydrogen) atoms. The highest BCUT2D eigenvalue weighted by molar-refractivity contribution is 6.14. The second-order valence-electron chi connectivity index (χ2n) is 10.3. The van der Waals surface area contributed by atoms with Crippen molar-refractivity contribution in [2.45, 2.75) is 31.2 Å². The van der Waals surface area contributed by atoms with Crippen LogP contribution in [0.2, 0.25) is 0 Å². The van der Waals surface area contributed by atoms with E-state index in [1.165, 1.54) is 11.1 Å². The largest absolute Gasteiger partial charge is 0.354 e. The maximum Gasteiger partial charge on any atom is 0.263 e. The van der Waals surface area contributed by atoms with Crippen molar-refractivity contribution in [3.8, 4) is 17.3 Å². The first-order valence-corrected chi connectivity index (χ1v) is 12.5. The molecule has 2 aromatic heterocycles. The minimum atomic E-state index is -0.802. The SMILES string of the molecule is Cc1ccc2[nH]c3c(c2c1)CCC1(C2c4ccccc4-c4nc5ccccc5nc42)NC(=O)C(C#N)=C31. The molecule has 0 fully saturated rings. The Morgan fingerprint density at radius 2 is 1.81 bits per heavy atom. The first-order valence-electron chi connectivity index (χ1n) is 12.5. The number of hydrogen-bond donors (Lipinski definition) is 2. The van der Waals surface area contributed by atoms with Gasteiger partial charge in [-0.3, -0.25) is 4.79 Å². The van der Waals surface area contributed by atoms with Crippen LogP contribution in [0, 0.1) is 18.3 Å². The van der Waals surface area contributed by atoms with E-state index in [-0.39, 0.29) is 17.4 Å². The Balaban J connectivity index is 1.45. The van der Waals surface area contributed by atoms with Gasteiger partial charge in [-0.25, -0.2) is 9.97 Å². The molecule has 2 N–H and O–H groups in total. The van der Waals surface area contributed by atoms with Crippen molar-refractivity contribution in [2.75, 3.05) is 0 Å². The molecule has 2 atom stereocenters. The van der Waals surface area contributed by atoms with Crippen molar-refractivity contribution >= 4 is 33.4 Å². The van der Waals surface area contributed by atoms with Gasteiger partial charge in [0.15, 0.2) is 0 Å². The Bertz CT molecular complexity index is 1920. The van der Waals surface area contributed by atoms with Gasteiger partial charge in [0.25, 0.3) is 5.91 Å². The minimum absolute atomic E-state index is 0.184. The van der Waals surface area contributed by atoms with Crippen LogP contribution in [0.25, 0.3) is 38.8 Å². The van der Waals surface area contributed by atoms with Crippen LogP contribution in [0.4, 0.5) is 0 Å². The third-order valence-corrected chi connectivity index (χ3v) is 8.34. The highest BCUT2D eigenvalue weighted by Crippen LogP contribution is 2.58. The fraction of sp³-hybridized carbons (Fsp3) is 0.161. The summed E-state index contributed by atoms with van der Waals surface area (Å²) in [6.45, 7) is 2.09. The summed E-state index contributed by atoms with van der Waals surface area (Å²) in [6, 6.07) is 24.7. The van der Waals surface area contributed by atoms with Crippen molar-refractivity contribution in [3.05, 3.63) is 100 Å². The van der Waals surface area contributed by atoms with Crippen LogP contribution in [0.1, 0.15) is 40.4 Å². The molecule has 8 rings (SSSR count). The molecule has 1 aliphatic heterocycles. The zero-order valence-electron chi connectivity index (χ0n) is 20.1. The van der Waals surface area contributed by atoms with Gasteiger partial charge in [0.1, 0.15) is 11.6 Å². The lowest BCUT2D eigenvalue weighted by Crippen LogP contribution is -2.51. The summed E-state index contributed by atoms with van der Waals surface area (Å²) in [7, 11) is 0. The van der Waals surface area contributed by atoms with E-state index in [0.717, 1.165) is 62.1 Å². The number of H-pyrrole nitrogens is 1. The predicted molar refractivity (Wildman–Crippen MR) is 142 cm³/mol. The lowest BCUT2D eigenvalue weighted by Gasteiger charge is -2.41. The van der Waals surface area contributed by atoms with Crippen LogP contribution in [0.3, 0.4) is 0 Å². The number of fused-ring (bicyclic) bond motifs is 9. The summed E-state index contributed by atoms with van der Waals surface area (Å²) >= 11 is 0. The van der Waals surface area contributed by atoms with E-state index in [0.29, 0.717) is 6.42 Å². The van der Waals surface area contributed by atoms with Gasteiger partial charge >= 0.3 is 0 Å². The Morgan fingerprint density at radius 1 is 1.03 bits per heavy atom. The monoisotopic (exact) mass is 479 g/mol. The maximum absolute atomic E-state index is 13.4. The Hall–Kier alpha value is -4.76. The molecule has 2 unspecified atom stereocenters. The first-order chi connectivity index (χ1) is 18.1. The van der Waals surface area contributed by atoms with Gasteiger partial charge in [-0.15, -0.1) is 0 Å². The number of benzene rings is 3. The number of nitrogens with zero attached hydrogens (tertiary/aromatic N) is 3. The highest BCUT2D eigenvalue weighted by atomic mass is 16.2. The van der Waals surface area contributed by atoms with E-state index >= 15 is 0 Å². The number of nitriles is 1. The molecule has 0 radical (unpaired) electrons. The van der Waals surface area contributed by atoms with Gasteiger partial charge in [0.05, 0.1) is 33.9 Å². The second kappa shape index (κ2) is 6.92. The molecule has 6 heteroatoms. The summed E-state index contributed by atoms with van der Waals surface area (Å²) in [5.41, 5.74) is 9.90. The molecule has 0 saturated heterocycles. The lowest BCUT2D eigenvalue weighted by molar-refractivity contribution is -0.117. The average molecular weight is 480 g/mol. The fourth-order valence-corrected chi connectivity index (χ4v) is 6.85. The molecular formula is C31H21N5O. The molecule has 1 amide bonds. The van der Waals surface area contributed by atoms with Crippen molar-refractivity contribution in [1.82, 2.24) is 20.3 Å². The predicted octanol–water partition coefficient (Wildman–Crippen LogP) is 5.32. The van der Waals surface area contributed by atoms with Crippen molar-refractivity contribution in [1.29, 1.82) is 5.26 Å². The smallest absolute Gasteiger partial charge is 0.263 e. The maximum atomic E-state index is 13.4. The van der Waals surface area contributed by atoms with Gasteiger partial charge in [-0.2, -0.15) is 5.26 Å². The topological polar surface area (TPSA) is 94.5 Å². The summed E-state index contributed by atoms with van der Waals surface area (Å²) in [6.07, 6.45) is 1.44. The van der Waals surface area contributed by atoms with Crippen molar-refractivity contribution in [3.63, 3.8) is 0 Å². The molecule has 176 valence electrons. The number of nitrogens with one attached hydrogen (secondary N) is 2. The Labute approximate surface area is 212 Å². The van der Waals surface area contributed by atoms with E-state index < -0.39 is 5.54 Å². The number of carbonyl (C=O) groups is 1. The highest BCUT2D eigenvalue weighted by Gasteiger charge is 2.57. The van der Waals surface area contributed by atoms with Crippen LogP contribution >= 0.6 is 0 Å².